The highest BCUT2D eigenvalue weighted by atomic mass is 19.4. The maximum atomic E-state index is 12.9. The lowest BCUT2D eigenvalue weighted by Gasteiger charge is -2.26. The van der Waals surface area contributed by atoms with E-state index in [9.17, 15) is 30.7 Å². The summed E-state index contributed by atoms with van der Waals surface area (Å²) in [7, 11) is 0. The number of allylic oxidation sites excluding steroid dienone is 2. The summed E-state index contributed by atoms with van der Waals surface area (Å²) >= 11 is 0. The Morgan fingerprint density at radius 2 is 1.31 bits per heavy atom. The molecule has 0 aromatic carbocycles. The fourth-order valence-corrected chi connectivity index (χ4v) is 0.917. The molecule has 0 rings (SSSR count). The average Bonchev–Trinajstić information content (AvgIpc) is 2.08. The van der Waals surface area contributed by atoms with Crippen molar-refractivity contribution in [1.29, 1.82) is 0 Å². The molecule has 0 aliphatic carbocycles. The van der Waals surface area contributed by atoms with Crippen molar-refractivity contribution < 1.29 is 30.7 Å². The summed E-state index contributed by atoms with van der Waals surface area (Å²) in [6.45, 7) is 1.71. The molecule has 0 saturated carbocycles. The van der Waals surface area contributed by atoms with Crippen LogP contribution in [0.25, 0.3) is 0 Å². The van der Waals surface area contributed by atoms with E-state index in [2.05, 4.69) is 0 Å². The number of halogens is 7. The predicted octanol–water partition coefficient (Wildman–Crippen LogP) is 4.57. The van der Waals surface area contributed by atoms with Gasteiger partial charge in [-0.05, 0) is 12.5 Å². The Hall–Kier alpha value is -0.750. The van der Waals surface area contributed by atoms with Gasteiger partial charge in [0.1, 0.15) is 0 Å². The average molecular weight is 252 g/mol. The molecule has 0 atom stereocenters. The van der Waals surface area contributed by atoms with Gasteiger partial charge in [-0.25, -0.2) is 4.39 Å². The molecule has 0 bridgehead atoms. The topological polar surface area (TPSA) is 0 Å². The van der Waals surface area contributed by atoms with Gasteiger partial charge in [-0.3, -0.25) is 0 Å². The first-order valence-corrected chi connectivity index (χ1v) is 4.56. The molecule has 0 aromatic heterocycles. The van der Waals surface area contributed by atoms with Crippen LogP contribution in [-0.2, 0) is 0 Å². The van der Waals surface area contributed by atoms with E-state index in [4.69, 9.17) is 0 Å². The standard InChI is InChI=1S/C9H11F7/c1-2-3-4-5-6-7(10,8(11,12)13)9(14,15)16/h5-6H,2-4H2,1H3/b6-5-. The van der Waals surface area contributed by atoms with Gasteiger partial charge >= 0.3 is 18.0 Å². The van der Waals surface area contributed by atoms with Gasteiger partial charge in [0.15, 0.2) is 0 Å². The van der Waals surface area contributed by atoms with Gasteiger partial charge in [-0.1, -0.05) is 25.8 Å². The van der Waals surface area contributed by atoms with E-state index < -0.39 is 24.1 Å². The van der Waals surface area contributed by atoms with E-state index in [-0.39, 0.29) is 6.42 Å². The summed E-state index contributed by atoms with van der Waals surface area (Å²) in [5.41, 5.74) is -5.26. The second-order valence-corrected chi connectivity index (χ2v) is 3.25. The van der Waals surface area contributed by atoms with Gasteiger partial charge in [0.25, 0.3) is 0 Å². The van der Waals surface area contributed by atoms with Gasteiger partial charge in [0.2, 0.25) is 0 Å². The Bertz CT molecular complexity index is 221. The Balaban J connectivity index is 4.91. The lowest BCUT2D eigenvalue weighted by atomic mass is 10.0. The van der Waals surface area contributed by atoms with Crippen LogP contribution in [0.5, 0.6) is 0 Å². The van der Waals surface area contributed by atoms with Crippen LogP contribution < -0.4 is 0 Å². The second-order valence-electron chi connectivity index (χ2n) is 3.25. The number of alkyl halides is 7. The highest BCUT2D eigenvalue weighted by Crippen LogP contribution is 2.47. The maximum absolute atomic E-state index is 12.9. The fourth-order valence-electron chi connectivity index (χ4n) is 0.917. The third-order valence-electron chi connectivity index (χ3n) is 1.90. The van der Waals surface area contributed by atoms with Crippen LogP contribution in [-0.4, -0.2) is 18.0 Å². The normalized spacial score (nSPS) is 14.8. The lowest BCUT2D eigenvalue weighted by molar-refractivity contribution is -0.322. The zero-order valence-corrected chi connectivity index (χ0v) is 8.42. The SMILES string of the molecule is CCCC/C=C\C(F)(C(F)(F)F)C(F)(F)F. The van der Waals surface area contributed by atoms with Crippen molar-refractivity contribution in [3.63, 3.8) is 0 Å². The van der Waals surface area contributed by atoms with E-state index in [0.717, 1.165) is 0 Å². The third kappa shape index (κ3) is 3.38. The first-order valence-electron chi connectivity index (χ1n) is 4.56. The monoisotopic (exact) mass is 252 g/mol. The molecule has 16 heavy (non-hydrogen) atoms. The van der Waals surface area contributed by atoms with E-state index >= 15 is 0 Å². The van der Waals surface area contributed by atoms with Crippen molar-refractivity contribution in [2.45, 2.75) is 44.2 Å². The van der Waals surface area contributed by atoms with Crippen molar-refractivity contribution in [3.8, 4) is 0 Å². The molecule has 0 fully saturated rings. The summed E-state index contributed by atoms with van der Waals surface area (Å²) in [6.07, 6.45) is -10.9. The summed E-state index contributed by atoms with van der Waals surface area (Å²) < 4.78 is 84.7. The maximum Gasteiger partial charge on any atom is 0.435 e. The largest absolute Gasteiger partial charge is 0.435 e. The molecule has 0 unspecified atom stereocenters. The number of unbranched alkanes of at least 4 members (excludes halogenated alkanes) is 2. The molecule has 0 aromatic rings. The predicted molar refractivity (Wildman–Crippen MR) is 44.6 cm³/mol. The molecule has 0 amide bonds. The third-order valence-corrected chi connectivity index (χ3v) is 1.90. The molecule has 0 saturated heterocycles. The Morgan fingerprint density at radius 3 is 1.62 bits per heavy atom. The minimum absolute atomic E-state index is 0.0195. The molecule has 0 aliphatic rings. The van der Waals surface area contributed by atoms with E-state index in [1.54, 1.807) is 6.92 Å². The molecular formula is C9H11F7. The van der Waals surface area contributed by atoms with Crippen LogP contribution in [0.1, 0.15) is 26.2 Å². The van der Waals surface area contributed by atoms with Crippen LogP contribution >= 0.6 is 0 Å². The summed E-state index contributed by atoms with van der Waals surface area (Å²) in [4.78, 5) is 0. The quantitative estimate of drug-likeness (QED) is 0.390. The van der Waals surface area contributed by atoms with Crippen LogP contribution in [0.4, 0.5) is 30.7 Å². The summed E-state index contributed by atoms with van der Waals surface area (Å²) in [5.74, 6) is 0. The van der Waals surface area contributed by atoms with Crippen molar-refractivity contribution >= 4 is 0 Å². The number of hydrogen-bond acceptors (Lipinski definition) is 0. The molecular weight excluding hydrogens is 241 g/mol. The van der Waals surface area contributed by atoms with Crippen molar-refractivity contribution in [2.24, 2.45) is 0 Å². The zero-order chi connectivity index (χ0) is 13.0. The van der Waals surface area contributed by atoms with E-state index in [1.165, 1.54) is 0 Å². The van der Waals surface area contributed by atoms with Gasteiger partial charge in [0.05, 0.1) is 0 Å². The van der Waals surface area contributed by atoms with Crippen LogP contribution in [0.15, 0.2) is 12.2 Å². The Morgan fingerprint density at radius 1 is 0.875 bits per heavy atom. The molecule has 0 radical (unpaired) electrons. The van der Waals surface area contributed by atoms with Crippen molar-refractivity contribution in [1.82, 2.24) is 0 Å². The van der Waals surface area contributed by atoms with Crippen LogP contribution in [0.2, 0.25) is 0 Å². The Labute approximate surface area is 88.1 Å². The molecule has 0 heterocycles. The fraction of sp³-hybridized carbons (Fsp3) is 0.778. The second kappa shape index (κ2) is 5.05. The van der Waals surface area contributed by atoms with Gasteiger partial charge in [-0.15, -0.1) is 0 Å². The smallest absolute Gasteiger partial charge is 0.219 e. The number of rotatable bonds is 4. The molecule has 0 N–H and O–H groups in total. The molecule has 7 heteroatoms. The van der Waals surface area contributed by atoms with Gasteiger partial charge in [0, 0.05) is 0 Å². The van der Waals surface area contributed by atoms with Crippen LogP contribution in [0, 0.1) is 0 Å². The minimum Gasteiger partial charge on any atom is -0.219 e. The van der Waals surface area contributed by atoms with Crippen molar-refractivity contribution in [3.05, 3.63) is 12.2 Å². The first-order chi connectivity index (χ1) is 7.06. The molecule has 0 spiro atoms. The molecule has 96 valence electrons. The Kier molecular flexibility index (Phi) is 4.82. The van der Waals surface area contributed by atoms with E-state index in [0.29, 0.717) is 18.9 Å². The molecule has 0 aliphatic heterocycles. The first kappa shape index (κ1) is 15.2. The zero-order valence-electron chi connectivity index (χ0n) is 8.42. The van der Waals surface area contributed by atoms with Crippen LogP contribution in [0.3, 0.4) is 0 Å². The minimum atomic E-state index is -5.99. The van der Waals surface area contributed by atoms with Gasteiger partial charge in [-0.2, -0.15) is 26.3 Å². The molecule has 0 nitrogen and oxygen atoms in total. The van der Waals surface area contributed by atoms with E-state index in [1.807, 2.05) is 0 Å². The number of hydrogen-bond donors (Lipinski definition) is 0. The highest BCUT2D eigenvalue weighted by molar-refractivity contribution is 5.10. The lowest BCUT2D eigenvalue weighted by Crippen LogP contribution is -2.51. The summed E-state index contributed by atoms with van der Waals surface area (Å²) in [6, 6.07) is 0. The summed E-state index contributed by atoms with van der Waals surface area (Å²) in [5, 5.41) is 0. The van der Waals surface area contributed by atoms with Crippen molar-refractivity contribution in [2.75, 3.05) is 0 Å². The van der Waals surface area contributed by atoms with Gasteiger partial charge < -0.3 is 0 Å². The highest BCUT2D eigenvalue weighted by Gasteiger charge is 2.70.